The smallest absolute Gasteiger partial charge is 0.234 e. The summed E-state index contributed by atoms with van der Waals surface area (Å²) in [6.07, 6.45) is 15.7. The Morgan fingerprint density at radius 3 is 2.46 bits per heavy atom. The zero-order valence-electron chi connectivity index (χ0n) is 22.2. The normalized spacial score (nSPS) is 15.7. The van der Waals surface area contributed by atoms with E-state index in [9.17, 15) is 0 Å². The van der Waals surface area contributed by atoms with Crippen LogP contribution in [0.4, 0.5) is 0 Å². The highest BCUT2D eigenvalue weighted by atomic mass is 15.1. The maximum Gasteiger partial charge on any atom is 0.234 e. The van der Waals surface area contributed by atoms with Crippen LogP contribution in [-0.2, 0) is 6.54 Å². The number of aromatic nitrogens is 5. The second kappa shape index (κ2) is 11.1. The number of fused-ring (bicyclic) bond motifs is 1. The molecule has 0 bridgehead atoms. The fraction of sp³-hybridized carbons (Fsp3) is 0.212. The van der Waals surface area contributed by atoms with Gasteiger partial charge >= 0.3 is 0 Å². The second-order valence-corrected chi connectivity index (χ2v) is 10.0. The quantitative estimate of drug-likeness (QED) is 0.321. The predicted molar refractivity (Wildman–Crippen MR) is 157 cm³/mol. The summed E-state index contributed by atoms with van der Waals surface area (Å²) in [5.41, 5.74) is 6.70. The SMILES string of the molecule is C=C/C=c1/ncc(C2CCN(Cc3ccc(-c4nc5nccn5cc4-c4ccccc4)cc3)CC2)n/c1=C/C. The molecular formula is C33H32N6. The van der Waals surface area contributed by atoms with E-state index in [1.165, 1.54) is 5.56 Å². The fourth-order valence-corrected chi connectivity index (χ4v) is 5.39. The maximum absolute atomic E-state index is 4.91. The van der Waals surface area contributed by atoms with Gasteiger partial charge in [-0.15, -0.1) is 0 Å². The number of rotatable bonds is 6. The van der Waals surface area contributed by atoms with Gasteiger partial charge in [0.25, 0.3) is 0 Å². The summed E-state index contributed by atoms with van der Waals surface area (Å²) in [6.45, 7) is 8.84. The third-order valence-corrected chi connectivity index (χ3v) is 7.50. The fourth-order valence-electron chi connectivity index (χ4n) is 5.39. The van der Waals surface area contributed by atoms with Crippen LogP contribution in [-0.4, -0.2) is 42.3 Å². The van der Waals surface area contributed by atoms with Crippen LogP contribution in [0.25, 0.3) is 40.3 Å². The number of hydrogen-bond donors (Lipinski definition) is 0. The third kappa shape index (κ3) is 5.29. The molecule has 6 rings (SSSR count). The van der Waals surface area contributed by atoms with Crippen molar-refractivity contribution in [3.8, 4) is 22.4 Å². The summed E-state index contributed by atoms with van der Waals surface area (Å²) in [6, 6.07) is 19.3. The molecule has 0 aliphatic carbocycles. The van der Waals surface area contributed by atoms with Gasteiger partial charge in [0.1, 0.15) is 0 Å². The molecule has 3 aromatic heterocycles. The molecule has 0 unspecified atom stereocenters. The summed E-state index contributed by atoms with van der Waals surface area (Å²) in [4.78, 5) is 21.4. The minimum absolute atomic E-state index is 0.452. The van der Waals surface area contributed by atoms with Crippen LogP contribution < -0.4 is 10.7 Å². The molecule has 1 saturated heterocycles. The van der Waals surface area contributed by atoms with Crippen LogP contribution >= 0.6 is 0 Å². The first-order valence-electron chi connectivity index (χ1n) is 13.5. The van der Waals surface area contributed by atoms with Crippen LogP contribution in [0.1, 0.15) is 36.9 Å². The van der Waals surface area contributed by atoms with Gasteiger partial charge in [-0.1, -0.05) is 73.3 Å². The standard InChI is InChI=1S/C33H32N6/c1-3-8-30-29(4-2)36-31(21-35-30)26-15-18-38(19-16-26)22-24-11-13-27(14-12-24)32-28(25-9-6-5-7-10-25)23-39-20-17-34-33(39)37-32/h3-14,17,20-21,23,26H,1,15-16,18-19,22H2,2H3/b29-4+,30-8+. The van der Waals surface area contributed by atoms with E-state index in [1.807, 2.05) is 41.9 Å². The Kier molecular flexibility index (Phi) is 7.11. The van der Waals surface area contributed by atoms with Crippen molar-refractivity contribution >= 4 is 17.9 Å². The lowest BCUT2D eigenvalue weighted by molar-refractivity contribution is 0.203. The molecular weight excluding hydrogens is 480 g/mol. The average molecular weight is 513 g/mol. The van der Waals surface area contributed by atoms with Gasteiger partial charge in [0, 0.05) is 48.4 Å². The molecule has 0 spiro atoms. The summed E-state index contributed by atoms with van der Waals surface area (Å²) < 4.78 is 1.98. The van der Waals surface area contributed by atoms with E-state index in [-0.39, 0.29) is 0 Å². The lowest BCUT2D eigenvalue weighted by Crippen LogP contribution is -2.36. The first-order chi connectivity index (χ1) is 19.2. The highest BCUT2D eigenvalue weighted by molar-refractivity contribution is 5.81. The molecule has 0 amide bonds. The minimum Gasteiger partial charge on any atom is -0.299 e. The molecule has 2 aromatic carbocycles. The number of piperidine rings is 1. The van der Waals surface area contributed by atoms with Crippen molar-refractivity contribution in [2.75, 3.05) is 13.1 Å². The molecule has 1 aliphatic heterocycles. The monoisotopic (exact) mass is 512 g/mol. The van der Waals surface area contributed by atoms with Crippen molar-refractivity contribution in [1.29, 1.82) is 0 Å². The second-order valence-electron chi connectivity index (χ2n) is 10.0. The summed E-state index contributed by atoms with van der Waals surface area (Å²) >= 11 is 0. The zero-order chi connectivity index (χ0) is 26.6. The Hall–Kier alpha value is -4.42. The molecule has 194 valence electrons. The molecule has 1 aliphatic rings. The van der Waals surface area contributed by atoms with Gasteiger partial charge in [0.05, 0.1) is 22.1 Å². The van der Waals surface area contributed by atoms with E-state index in [1.54, 1.807) is 12.3 Å². The van der Waals surface area contributed by atoms with E-state index in [0.29, 0.717) is 11.7 Å². The van der Waals surface area contributed by atoms with Crippen LogP contribution in [0, 0.1) is 0 Å². The number of imidazole rings is 1. The molecule has 4 heterocycles. The molecule has 0 radical (unpaired) electrons. The topological polar surface area (TPSA) is 59.2 Å². The van der Waals surface area contributed by atoms with Crippen molar-refractivity contribution in [3.05, 3.63) is 114 Å². The maximum atomic E-state index is 4.91. The number of benzene rings is 2. The molecule has 6 nitrogen and oxygen atoms in total. The van der Waals surface area contributed by atoms with Crippen molar-refractivity contribution in [2.45, 2.75) is 32.2 Å². The number of allylic oxidation sites excluding steroid dienone is 1. The average Bonchev–Trinajstić information content (AvgIpc) is 3.46. The molecule has 0 atom stereocenters. The van der Waals surface area contributed by atoms with Crippen molar-refractivity contribution < 1.29 is 0 Å². The molecule has 0 N–H and O–H groups in total. The van der Waals surface area contributed by atoms with Gasteiger partial charge in [0.15, 0.2) is 0 Å². The van der Waals surface area contributed by atoms with E-state index >= 15 is 0 Å². The highest BCUT2D eigenvalue weighted by Gasteiger charge is 2.22. The Labute approximate surface area is 228 Å². The zero-order valence-corrected chi connectivity index (χ0v) is 22.2. The largest absolute Gasteiger partial charge is 0.299 e. The Morgan fingerprint density at radius 2 is 1.72 bits per heavy atom. The third-order valence-electron chi connectivity index (χ3n) is 7.50. The number of nitrogens with zero attached hydrogens (tertiary/aromatic N) is 6. The van der Waals surface area contributed by atoms with E-state index in [0.717, 1.165) is 71.3 Å². The Balaban J connectivity index is 1.16. The van der Waals surface area contributed by atoms with Gasteiger partial charge in [-0.05, 0) is 50.1 Å². The van der Waals surface area contributed by atoms with E-state index < -0.39 is 0 Å². The van der Waals surface area contributed by atoms with Gasteiger partial charge in [-0.25, -0.2) is 15.0 Å². The van der Waals surface area contributed by atoms with Crippen LogP contribution in [0.5, 0.6) is 0 Å². The summed E-state index contributed by atoms with van der Waals surface area (Å²) in [5, 5.41) is 1.82. The molecule has 0 saturated carbocycles. The minimum atomic E-state index is 0.452. The summed E-state index contributed by atoms with van der Waals surface area (Å²) in [7, 11) is 0. The number of hydrogen-bond acceptors (Lipinski definition) is 5. The van der Waals surface area contributed by atoms with Crippen molar-refractivity contribution in [2.24, 2.45) is 0 Å². The molecule has 1 fully saturated rings. The molecule has 5 aromatic rings. The van der Waals surface area contributed by atoms with Crippen LogP contribution in [0.2, 0.25) is 0 Å². The van der Waals surface area contributed by atoms with Gasteiger partial charge in [0.2, 0.25) is 5.78 Å². The van der Waals surface area contributed by atoms with Crippen LogP contribution in [0.15, 0.2) is 92.0 Å². The molecule has 39 heavy (non-hydrogen) atoms. The summed E-state index contributed by atoms with van der Waals surface area (Å²) in [5.74, 6) is 1.16. The van der Waals surface area contributed by atoms with Crippen molar-refractivity contribution in [1.82, 2.24) is 29.2 Å². The van der Waals surface area contributed by atoms with Gasteiger partial charge < -0.3 is 0 Å². The predicted octanol–water partition coefficient (Wildman–Crippen LogP) is 5.00. The number of likely N-dealkylation sites (tertiary alicyclic amines) is 1. The lowest BCUT2D eigenvalue weighted by Gasteiger charge is -2.31. The van der Waals surface area contributed by atoms with Crippen LogP contribution in [0.3, 0.4) is 0 Å². The Bertz CT molecular complexity index is 1710. The lowest BCUT2D eigenvalue weighted by atomic mass is 9.93. The first kappa shape index (κ1) is 24.9. The Morgan fingerprint density at radius 1 is 0.923 bits per heavy atom. The first-order valence-corrected chi connectivity index (χ1v) is 13.5. The van der Waals surface area contributed by atoms with Gasteiger partial charge in [-0.3, -0.25) is 14.3 Å². The molecule has 6 heteroatoms. The van der Waals surface area contributed by atoms with Gasteiger partial charge in [-0.2, -0.15) is 0 Å². The highest BCUT2D eigenvalue weighted by Crippen LogP contribution is 2.31. The van der Waals surface area contributed by atoms with Crippen molar-refractivity contribution in [3.63, 3.8) is 0 Å². The van der Waals surface area contributed by atoms with E-state index in [4.69, 9.17) is 9.97 Å². The van der Waals surface area contributed by atoms with E-state index in [2.05, 4.69) is 76.2 Å².